The van der Waals surface area contributed by atoms with Crippen LogP contribution in [0.1, 0.15) is 15.9 Å². The second-order valence-electron chi connectivity index (χ2n) is 4.89. The summed E-state index contributed by atoms with van der Waals surface area (Å²) in [5, 5.41) is 0. The number of hydrogen-bond acceptors (Lipinski definition) is 3. The molecule has 2 N–H and O–H groups in total. The normalized spacial score (nSPS) is 14.3. The average Bonchev–Trinajstić information content (AvgIpc) is 2.65. The topological polar surface area (TPSA) is 55.6 Å². The van der Waals surface area contributed by atoms with E-state index in [4.69, 9.17) is 10.5 Å². The fraction of sp³-hybridized carbons (Fsp3) is 0.188. The first kappa shape index (κ1) is 13.4. The highest BCUT2D eigenvalue weighted by molar-refractivity contribution is 5.97. The molecular formula is C16H15FN2O2. The van der Waals surface area contributed by atoms with Crippen molar-refractivity contribution in [2.45, 2.75) is 6.54 Å². The molecular weight excluding hydrogens is 271 g/mol. The molecule has 2 aromatic rings. The second kappa shape index (κ2) is 5.44. The Morgan fingerprint density at radius 2 is 2.00 bits per heavy atom. The number of nitrogens with two attached hydrogens (primary N) is 1. The first-order valence-corrected chi connectivity index (χ1v) is 6.71. The number of carbonyl (C=O) groups excluding carboxylic acids is 1. The van der Waals surface area contributed by atoms with Gasteiger partial charge in [0, 0.05) is 12.1 Å². The van der Waals surface area contributed by atoms with Gasteiger partial charge in [0.2, 0.25) is 0 Å². The Hall–Kier alpha value is -2.56. The molecule has 3 rings (SSSR count). The van der Waals surface area contributed by atoms with Crippen molar-refractivity contribution >= 4 is 11.6 Å². The molecule has 4 nitrogen and oxygen atoms in total. The summed E-state index contributed by atoms with van der Waals surface area (Å²) in [6, 6.07) is 11.9. The zero-order valence-corrected chi connectivity index (χ0v) is 11.4. The predicted molar refractivity (Wildman–Crippen MR) is 77.5 cm³/mol. The van der Waals surface area contributed by atoms with Gasteiger partial charge in [-0.25, -0.2) is 4.39 Å². The van der Waals surface area contributed by atoms with E-state index in [0.29, 0.717) is 30.0 Å². The van der Waals surface area contributed by atoms with Gasteiger partial charge in [-0.3, -0.25) is 4.79 Å². The van der Waals surface area contributed by atoms with Gasteiger partial charge in [0.25, 0.3) is 5.91 Å². The smallest absolute Gasteiger partial charge is 0.258 e. The molecule has 0 fully saturated rings. The van der Waals surface area contributed by atoms with Crippen LogP contribution in [0.15, 0.2) is 42.5 Å². The summed E-state index contributed by atoms with van der Waals surface area (Å²) < 4.78 is 19.5. The summed E-state index contributed by atoms with van der Waals surface area (Å²) >= 11 is 0. The number of anilines is 1. The van der Waals surface area contributed by atoms with E-state index in [0.717, 1.165) is 0 Å². The number of nitrogens with zero attached hydrogens (tertiary/aromatic N) is 1. The third kappa shape index (κ3) is 2.54. The molecule has 0 unspecified atom stereocenters. The zero-order valence-electron chi connectivity index (χ0n) is 11.4. The standard InChI is InChI=1S/C16H15FN2O2/c17-15-11(4-3-6-13(15)18)10-19-8-9-21-14-7-2-1-5-12(14)16(19)20/h1-7H,8-10,18H2. The molecule has 1 heterocycles. The third-order valence-electron chi connectivity index (χ3n) is 3.49. The number of carbonyl (C=O) groups is 1. The van der Waals surface area contributed by atoms with Crippen LogP contribution >= 0.6 is 0 Å². The van der Waals surface area contributed by atoms with Crippen molar-refractivity contribution in [3.63, 3.8) is 0 Å². The highest BCUT2D eigenvalue weighted by Crippen LogP contribution is 2.24. The number of para-hydroxylation sites is 1. The summed E-state index contributed by atoms with van der Waals surface area (Å²) in [5.41, 5.74) is 6.56. The van der Waals surface area contributed by atoms with E-state index in [2.05, 4.69) is 0 Å². The van der Waals surface area contributed by atoms with Crippen molar-refractivity contribution in [1.82, 2.24) is 4.90 Å². The third-order valence-corrected chi connectivity index (χ3v) is 3.49. The molecule has 0 atom stereocenters. The molecule has 108 valence electrons. The van der Waals surface area contributed by atoms with Gasteiger partial charge in [0.15, 0.2) is 5.82 Å². The van der Waals surface area contributed by atoms with E-state index in [1.807, 2.05) is 6.07 Å². The Labute approximate surface area is 121 Å². The Balaban J connectivity index is 1.90. The maximum absolute atomic E-state index is 14.0. The number of nitrogen functional groups attached to an aromatic ring is 1. The molecule has 21 heavy (non-hydrogen) atoms. The molecule has 2 aromatic carbocycles. The summed E-state index contributed by atoms with van der Waals surface area (Å²) in [6.45, 7) is 0.960. The zero-order chi connectivity index (χ0) is 14.8. The number of fused-ring (bicyclic) bond motifs is 1. The lowest BCUT2D eigenvalue weighted by Crippen LogP contribution is -2.32. The number of amides is 1. The van der Waals surface area contributed by atoms with Crippen LogP contribution in [0.25, 0.3) is 0 Å². The minimum Gasteiger partial charge on any atom is -0.491 e. The highest BCUT2D eigenvalue weighted by atomic mass is 19.1. The van der Waals surface area contributed by atoms with E-state index in [9.17, 15) is 9.18 Å². The lowest BCUT2D eigenvalue weighted by atomic mass is 10.1. The van der Waals surface area contributed by atoms with Crippen LogP contribution in [-0.4, -0.2) is 24.0 Å². The molecule has 1 amide bonds. The van der Waals surface area contributed by atoms with Crippen molar-refractivity contribution in [2.24, 2.45) is 0 Å². The van der Waals surface area contributed by atoms with Gasteiger partial charge in [-0.15, -0.1) is 0 Å². The Morgan fingerprint density at radius 3 is 2.86 bits per heavy atom. The highest BCUT2D eigenvalue weighted by Gasteiger charge is 2.24. The van der Waals surface area contributed by atoms with E-state index in [1.54, 1.807) is 35.2 Å². The number of ether oxygens (including phenoxy) is 1. The molecule has 0 aliphatic carbocycles. The first-order chi connectivity index (χ1) is 10.2. The van der Waals surface area contributed by atoms with Crippen LogP contribution in [-0.2, 0) is 6.54 Å². The lowest BCUT2D eigenvalue weighted by Gasteiger charge is -2.20. The minimum absolute atomic E-state index is 0.0893. The Morgan fingerprint density at radius 1 is 1.19 bits per heavy atom. The molecule has 5 heteroatoms. The molecule has 0 aromatic heterocycles. The molecule has 0 saturated carbocycles. The fourth-order valence-corrected chi connectivity index (χ4v) is 2.39. The van der Waals surface area contributed by atoms with Gasteiger partial charge in [-0.1, -0.05) is 24.3 Å². The maximum Gasteiger partial charge on any atom is 0.258 e. The van der Waals surface area contributed by atoms with Gasteiger partial charge in [-0.2, -0.15) is 0 Å². The Bertz CT molecular complexity index is 688. The fourth-order valence-electron chi connectivity index (χ4n) is 2.39. The predicted octanol–water partition coefficient (Wildman–Crippen LogP) is 2.44. The van der Waals surface area contributed by atoms with E-state index >= 15 is 0 Å². The van der Waals surface area contributed by atoms with Crippen LogP contribution in [0.2, 0.25) is 0 Å². The summed E-state index contributed by atoms with van der Waals surface area (Å²) in [4.78, 5) is 14.1. The van der Waals surface area contributed by atoms with Crippen molar-refractivity contribution in [1.29, 1.82) is 0 Å². The SMILES string of the molecule is Nc1cccc(CN2CCOc3ccccc3C2=O)c1F. The summed E-state index contributed by atoms with van der Waals surface area (Å²) in [6.07, 6.45) is 0. The van der Waals surface area contributed by atoms with Crippen LogP contribution in [0.5, 0.6) is 5.75 Å². The number of benzene rings is 2. The Kier molecular flexibility index (Phi) is 3.48. The van der Waals surface area contributed by atoms with Gasteiger partial charge < -0.3 is 15.4 Å². The molecule has 0 bridgehead atoms. The van der Waals surface area contributed by atoms with Gasteiger partial charge in [0.1, 0.15) is 12.4 Å². The molecule has 0 radical (unpaired) electrons. The largest absolute Gasteiger partial charge is 0.491 e. The molecule has 1 aliphatic rings. The monoisotopic (exact) mass is 286 g/mol. The first-order valence-electron chi connectivity index (χ1n) is 6.71. The van der Waals surface area contributed by atoms with Crippen LogP contribution in [0.3, 0.4) is 0 Å². The lowest BCUT2D eigenvalue weighted by molar-refractivity contribution is 0.0741. The second-order valence-corrected chi connectivity index (χ2v) is 4.89. The van der Waals surface area contributed by atoms with E-state index in [-0.39, 0.29) is 18.1 Å². The summed E-state index contributed by atoms with van der Waals surface area (Å²) in [7, 11) is 0. The van der Waals surface area contributed by atoms with Crippen LogP contribution in [0, 0.1) is 5.82 Å². The summed E-state index contributed by atoms with van der Waals surface area (Å²) in [5.74, 6) is -0.0632. The quantitative estimate of drug-likeness (QED) is 0.863. The van der Waals surface area contributed by atoms with Gasteiger partial charge in [0.05, 0.1) is 17.8 Å². The van der Waals surface area contributed by atoms with Crippen molar-refractivity contribution in [3.05, 3.63) is 59.4 Å². The number of rotatable bonds is 2. The van der Waals surface area contributed by atoms with E-state index in [1.165, 1.54) is 6.07 Å². The minimum atomic E-state index is -0.469. The molecule has 0 spiro atoms. The van der Waals surface area contributed by atoms with Crippen LogP contribution < -0.4 is 10.5 Å². The van der Waals surface area contributed by atoms with Crippen LogP contribution in [0.4, 0.5) is 10.1 Å². The van der Waals surface area contributed by atoms with Gasteiger partial charge in [-0.05, 0) is 18.2 Å². The molecule has 0 saturated heterocycles. The van der Waals surface area contributed by atoms with Crippen molar-refractivity contribution < 1.29 is 13.9 Å². The number of hydrogen-bond donors (Lipinski definition) is 1. The number of halogens is 1. The maximum atomic E-state index is 14.0. The molecule has 1 aliphatic heterocycles. The van der Waals surface area contributed by atoms with Gasteiger partial charge >= 0.3 is 0 Å². The van der Waals surface area contributed by atoms with E-state index < -0.39 is 5.82 Å². The average molecular weight is 286 g/mol. The van der Waals surface area contributed by atoms with Crippen molar-refractivity contribution in [2.75, 3.05) is 18.9 Å². The van der Waals surface area contributed by atoms with Crippen molar-refractivity contribution in [3.8, 4) is 5.75 Å².